The van der Waals surface area contributed by atoms with Crippen LogP contribution in [0.4, 0.5) is 0 Å². The first-order valence-electron chi connectivity index (χ1n) is 7.53. The molecule has 1 unspecified atom stereocenters. The molecule has 100 valence electrons. The minimum Gasteiger partial charge on any atom is -0.378 e. The predicted octanol–water partition coefficient (Wildman–Crippen LogP) is 3.36. The fourth-order valence-electron chi connectivity index (χ4n) is 3.49. The van der Waals surface area contributed by atoms with Crippen LogP contribution in [-0.4, -0.2) is 25.8 Å². The molecule has 1 saturated carbocycles. The Morgan fingerprint density at radius 1 is 1.24 bits per heavy atom. The lowest BCUT2D eigenvalue weighted by Gasteiger charge is -2.32. The van der Waals surface area contributed by atoms with Crippen LogP contribution >= 0.6 is 0 Å². The molecule has 0 bridgehead atoms. The number of rotatable bonds is 6. The Kier molecular flexibility index (Phi) is 4.87. The smallest absolute Gasteiger partial charge is 0.0581 e. The summed E-state index contributed by atoms with van der Waals surface area (Å²) < 4.78 is 5.84. The molecule has 2 fully saturated rings. The summed E-state index contributed by atoms with van der Waals surface area (Å²) in [5, 5.41) is 3.69. The third kappa shape index (κ3) is 3.96. The van der Waals surface area contributed by atoms with Crippen molar-refractivity contribution in [2.45, 2.75) is 64.9 Å². The lowest BCUT2D eigenvalue weighted by atomic mass is 9.80. The first kappa shape index (κ1) is 13.4. The monoisotopic (exact) mass is 239 g/mol. The fourth-order valence-corrected chi connectivity index (χ4v) is 3.49. The first-order valence-corrected chi connectivity index (χ1v) is 7.53. The zero-order valence-corrected chi connectivity index (χ0v) is 11.6. The third-order valence-electron chi connectivity index (χ3n) is 4.40. The van der Waals surface area contributed by atoms with Gasteiger partial charge in [-0.3, -0.25) is 0 Å². The molecular formula is C15H29NO. The van der Waals surface area contributed by atoms with E-state index in [9.17, 15) is 0 Å². The molecule has 2 aliphatic rings. The van der Waals surface area contributed by atoms with E-state index in [1.807, 2.05) is 0 Å². The second-order valence-electron chi connectivity index (χ2n) is 6.57. The molecule has 1 heterocycles. The van der Waals surface area contributed by atoms with E-state index in [0.29, 0.717) is 11.5 Å². The van der Waals surface area contributed by atoms with E-state index in [0.717, 1.165) is 19.1 Å². The molecule has 0 aromatic rings. The Bertz CT molecular complexity index is 215. The Hall–Kier alpha value is -0.0800. The van der Waals surface area contributed by atoms with Crippen molar-refractivity contribution in [1.29, 1.82) is 0 Å². The number of ether oxygens (including phenoxy) is 1. The van der Waals surface area contributed by atoms with Crippen LogP contribution in [0.2, 0.25) is 0 Å². The van der Waals surface area contributed by atoms with Crippen LogP contribution in [0.1, 0.15) is 58.8 Å². The molecular weight excluding hydrogens is 210 g/mol. The SMILES string of the molecule is CC(C)CNCC1(CC2CCCO2)CCCC1. The molecule has 0 aromatic carbocycles. The highest BCUT2D eigenvalue weighted by Gasteiger charge is 2.36. The Labute approximate surface area is 107 Å². The molecule has 1 aliphatic heterocycles. The molecule has 0 radical (unpaired) electrons. The summed E-state index contributed by atoms with van der Waals surface area (Å²) in [5.74, 6) is 0.760. The molecule has 1 N–H and O–H groups in total. The van der Waals surface area contributed by atoms with Crippen LogP contribution in [0, 0.1) is 11.3 Å². The largest absolute Gasteiger partial charge is 0.378 e. The zero-order chi connectivity index (χ0) is 12.1. The molecule has 1 atom stereocenters. The topological polar surface area (TPSA) is 21.3 Å². The Balaban J connectivity index is 1.80. The number of hydrogen-bond donors (Lipinski definition) is 1. The van der Waals surface area contributed by atoms with Gasteiger partial charge in [-0.25, -0.2) is 0 Å². The van der Waals surface area contributed by atoms with E-state index in [1.54, 1.807) is 0 Å². The fraction of sp³-hybridized carbons (Fsp3) is 1.00. The summed E-state index contributed by atoms with van der Waals surface area (Å²) in [6, 6.07) is 0. The zero-order valence-electron chi connectivity index (χ0n) is 11.6. The maximum atomic E-state index is 5.84. The van der Waals surface area contributed by atoms with Gasteiger partial charge in [0.2, 0.25) is 0 Å². The van der Waals surface area contributed by atoms with Gasteiger partial charge in [0, 0.05) is 13.2 Å². The summed E-state index contributed by atoms with van der Waals surface area (Å²) in [5.41, 5.74) is 0.559. The van der Waals surface area contributed by atoms with Crippen molar-refractivity contribution in [3.63, 3.8) is 0 Å². The number of hydrogen-bond acceptors (Lipinski definition) is 2. The molecule has 2 heteroatoms. The average molecular weight is 239 g/mol. The molecule has 1 aliphatic carbocycles. The van der Waals surface area contributed by atoms with Gasteiger partial charge in [-0.05, 0) is 50.0 Å². The third-order valence-corrected chi connectivity index (χ3v) is 4.40. The van der Waals surface area contributed by atoms with Crippen molar-refractivity contribution in [3.05, 3.63) is 0 Å². The van der Waals surface area contributed by atoms with Crippen LogP contribution in [-0.2, 0) is 4.74 Å². The standard InChI is InChI=1S/C15H29NO/c1-13(2)11-16-12-15(7-3-4-8-15)10-14-6-5-9-17-14/h13-14,16H,3-12H2,1-2H3. The average Bonchev–Trinajstić information content (AvgIpc) is 2.90. The normalized spacial score (nSPS) is 28.1. The van der Waals surface area contributed by atoms with Crippen molar-refractivity contribution in [2.24, 2.45) is 11.3 Å². The van der Waals surface area contributed by atoms with E-state index < -0.39 is 0 Å². The van der Waals surface area contributed by atoms with Gasteiger partial charge >= 0.3 is 0 Å². The summed E-state index contributed by atoms with van der Waals surface area (Å²) in [6.45, 7) is 7.95. The van der Waals surface area contributed by atoms with Crippen LogP contribution in [0.15, 0.2) is 0 Å². The van der Waals surface area contributed by atoms with Crippen LogP contribution < -0.4 is 5.32 Å². The lowest BCUT2D eigenvalue weighted by Crippen LogP contribution is -2.36. The van der Waals surface area contributed by atoms with Gasteiger partial charge < -0.3 is 10.1 Å². The Morgan fingerprint density at radius 2 is 2.00 bits per heavy atom. The summed E-state index contributed by atoms with van der Waals surface area (Å²) >= 11 is 0. The quantitative estimate of drug-likeness (QED) is 0.767. The van der Waals surface area contributed by atoms with Crippen molar-refractivity contribution < 1.29 is 4.74 Å². The first-order chi connectivity index (χ1) is 8.20. The van der Waals surface area contributed by atoms with Crippen LogP contribution in [0.3, 0.4) is 0 Å². The van der Waals surface area contributed by atoms with Gasteiger partial charge in [-0.1, -0.05) is 26.7 Å². The molecule has 0 amide bonds. The van der Waals surface area contributed by atoms with Crippen molar-refractivity contribution in [3.8, 4) is 0 Å². The van der Waals surface area contributed by atoms with Gasteiger partial charge in [0.05, 0.1) is 6.10 Å². The van der Waals surface area contributed by atoms with E-state index in [-0.39, 0.29) is 0 Å². The van der Waals surface area contributed by atoms with E-state index in [2.05, 4.69) is 19.2 Å². The highest BCUT2D eigenvalue weighted by atomic mass is 16.5. The van der Waals surface area contributed by atoms with Gasteiger partial charge in [0.15, 0.2) is 0 Å². The van der Waals surface area contributed by atoms with Gasteiger partial charge in [-0.2, -0.15) is 0 Å². The summed E-state index contributed by atoms with van der Waals surface area (Å²) in [7, 11) is 0. The molecule has 1 saturated heterocycles. The lowest BCUT2D eigenvalue weighted by molar-refractivity contribution is 0.0615. The maximum Gasteiger partial charge on any atom is 0.0581 e. The molecule has 17 heavy (non-hydrogen) atoms. The van der Waals surface area contributed by atoms with E-state index in [4.69, 9.17) is 4.74 Å². The van der Waals surface area contributed by atoms with Crippen molar-refractivity contribution in [2.75, 3.05) is 19.7 Å². The van der Waals surface area contributed by atoms with Crippen LogP contribution in [0.5, 0.6) is 0 Å². The second-order valence-corrected chi connectivity index (χ2v) is 6.57. The van der Waals surface area contributed by atoms with E-state index in [1.165, 1.54) is 51.5 Å². The van der Waals surface area contributed by atoms with E-state index >= 15 is 0 Å². The highest BCUT2D eigenvalue weighted by Crippen LogP contribution is 2.43. The molecule has 0 spiro atoms. The summed E-state index contributed by atoms with van der Waals surface area (Å²) in [6.07, 6.45) is 10.1. The number of nitrogens with one attached hydrogen (secondary N) is 1. The molecule has 0 aromatic heterocycles. The van der Waals surface area contributed by atoms with Gasteiger partial charge in [-0.15, -0.1) is 0 Å². The Morgan fingerprint density at radius 3 is 2.59 bits per heavy atom. The second kappa shape index (κ2) is 6.19. The van der Waals surface area contributed by atoms with Crippen LogP contribution in [0.25, 0.3) is 0 Å². The highest BCUT2D eigenvalue weighted by molar-refractivity contribution is 4.89. The van der Waals surface area contributed by atoms with Crippen molar-refractivity contribution in [1.82, 2.24) is 5.32 Å². The predicted molar refractivity (Wildman–Crippen MR) is 72.2 cm³/mol. The van der Waals surface area contributed by atoms with Crippen molar-refractivity contribution >= 4 is 0 Å². The maximum absolute atomic E-state index is 5.84. The minimum absolute atomic E-state index is 0.559. The molecule has 2 rings (SSSR count). The molecule has 2 nitrogen and oxygen atoms in total. The van der Waals surface area contributed by atoms with Gasteiger partial charge in [0.1, 0.15) is 0 Å². The summed E-state index contributed by atoms with van der Waals surface area (Å²) in [4.78, 5) is 0. The van der Waals surface area contributed by atoms with Gasteiger partial charge in [0.25, 0.3) is 0 Å². The minimum atomic E-state index is 0.559.